The van der Waals surface area contributed by atoms with Gasteiger partial charge in [0.05, 0.1) is 6.04 Å². The number of hydrogen-bond acceptors (Lipinski definition) is 6. The van der Waals surface area contributed by atoms with Gasteiger partial charge in [-0.1, -0.05) is 64.4 Å². The Kier molecular flexibility index (Phi) is 13.3. The van der Waals surface area contributed by atoms with Crippen LogP contribution in [-0.2, 0) is 30.4 Å². The van der Waals surface area contributed by atoms with Crippen LogP contribution in [-0.4, -0.2) is 58.9 Å². The second kappa shape index (κ2) is 15.6. The van der Waals surface area contributed by atoms with Gasteiger partial charge in [-0.15, -0.1) is 0 Å². The van der Waals surface area contributed by atoms with E-state index in [0.717, 1.165) is 0 Å². The summed E-state index contributed by atoms with van der Waals surface area (Å²) in [5, 5.41) is 17.3. The highest BCUT2D eigenvalue weighted by Crippen LogP contribution is 2.12. The quantitative estimate of drug-likeness (QED) is 0.182. The van der Waals surface area contributed by atoms with Crippen molar-refractivity contribution in [2.24, 2.45) is 23.3 Å². The van der Waals surface area contributed by atoms with E-state index < -0.39 is 53.8 Å². The zero-order valence-corrected chi connectivity index (χ0v) is 22.0. The van der Waals surface area contributed by atoms with Gasteiger partial charge in [-0.25, -0.2) is 4.79 Å². The molecular formula is C26H41N5O6. The summed E-state index contributed by atoms with van der Waals surface area (Å²) in [4.78, 5) is 62.1. The van der Waals surface area contributed by atoms with Gasteiger partial charge in [0, 0.05) is 12.8 Å². The van der Waals surface area contributed by atoms with Crippen molar-refractivity contribution in [1.29, 1.82) is 0 Å². The second-order valence-corrected chi connectivity index (χ2v) is 9.76. The summed E-state index contributed by atoms with van der Waals surface area (Å²) in [7, 11) is 0. The first-order valence-electron chi connectivity index (χ1n) is 12.6. The fourth-order valence-electron chi connectivity index (χ4n) is 3.72. The van der Waals surface area contributed by atoms with Crippen molar-refractivity contribution in [2.45, 2.75) is 84.0 Å². The number of rotatable bonds is 16. The Hall–Kier alpha value is -3.47. The molecule has 0 radical (unpaired) electrons. The molecule has 1 aromatic carbocycles. The summed E-state index contributed by atoms with van der Waals surface area (Å²) < 4.78 is 0. The van der Waals surface area contributed by atoms with Gasteiger partial charge in [-0.2, -0.15) is 0 Å². The molecular weight excluding hydrogens is 478 g/mol. The summed E-state index contributed by atoms with van der Waals surface area (Å²) in [5.41, 5.74) is 11.9. The molecule has 1 rings (SSSR count). The molecule has 0 aliphatic rings. The SMILES string of the molecule is CCC(C)C(NC(=O)C(N)CC(C)C)C(=O)NC(CCC(N)=O)C(=O)NC(Cc1ccccc1)C(=O)O. The topological polar surface area (TPSA) is 194 Å². The monoisotopic (exact) mass is 519 g/mol. The van der Waals surface area contributed by atoms with Gasteiger partial charge >= 0.3 is 5.97 Å². The van der Waals surface area contributed by atoms with Crippen LogP contribution in [0.3, 0.4) is 0 Å². The Morgan fingerprint density at radius 2 is 1.49 bits per heavy atom. The van der Waals surface area contributed by atoms with E-state index in [0.29, 0.717) is 18.4 Å². The van der Waals surface area contributed by atoms with Gasteiger partial charge in [0.15, 0.2) is 0 Å². The van der Waals surface area contributed by atoms with Crippen molar-refractivity contribution in [3.63, 3.8) is 0 Å². The summed E-state index contributed by atoms with van der Waals surface area (Å²) in [6.45, 7) is 7.48. The first-order valence-corrected chi connectivity index (χ1v) is 12.6. The van der Waals surface area contributed by atoms with Crippen LogP contribution in [0, 0.1) is 11.8 Å². The van der Waals surface area contributed by atoms with E-state index in [1.165, 1.54) is 0 Å². The predicted octanol–water partition coefficient (Wildman–Crippen LogP) is 0.453. The van der Waals surface area contributed by atoms with Crippen LogP contribution in [0.1, 0.15) is 58.9 Å². The lowest BCUT2D eigenvalue weighted by molar-refractivity contribution is -0.142. The molecule has 8 N–H and O–H groups in total. The van der Waals surface area contributed by atoms with Crippen LogP contribution in [0.2, 0.25) is 0 Å². The molecule has 206 valence electrons. The Morgan fingerprint density at radius 1 is 0.892 bits per heavy atom. The molecule has 0 aromatic heterocycles. The number of benzene rings is 1. The highest BCUT2D eigenvalue weighted by molar-refractivity contribution is 5.94. The molecule has 37 heavy (non-hydrogen) atoms. The second-order valence-electron chi connectivity index (χ2n) is 9.76. The van der Waals surface area contributed by atoms with E-state index in [-0.39, 0.29) is 31.1 Å². The lowest BCUT2D eigenvalue weighted by Gasteiger charge is -2.28. The highest BCUT2D eigenvalue weighted by atomic mass is 16.4. The minimum Gasteiger partial charge on any atom is -0.480 e. The molecule has 11 heteroatoms. The number of hydrogen-bond donors (Lipinski definition) is 6. The molecule has 4 amide bonds. The van der Waals surface area contributed by atoms with E-state index in [1.807, 2.05) is 20.8 Å². The molecule has 0 fully saturated rings. The summed E-state index contributed by atoms with van der Waals surface area (Å²) in [6, 6.07) is 4.46. The number of carboxylic acids is 1. The molecule has 0 aliphatic carbocycles. The van der Waals surface area contributed by atoms with Crippen LogP contribution in [0.15, 0.2) is 30.3 Å². The van der Waals surface area contributed by atoms with Crippen molar-refractivity contribution >= 4 is 29.6 Å². The minimum atomic E-state index is -1.26. The van der Waals surface area contributed by atoms with Crippen LogP contribution >= 0.6 is 0 Å². The van der Waals surface area contributed by atoms with E-state index in [4.69, 9.17) is 11.5 Å². The number of carboxylic acid groups (broad SMARTS) is 1. The third kappa shape index (κ3) is 11.4. The van der Waals surface area contributed by atoms with Crippen molar-refractivity contribution in [3.05, 3.63) is 35.9 Å². The number of amides is 4. The average molecular weight is 520 g/mol. The number of carbonyl (C=O) groups is 5. The van der Waals surface area contributed by atoms with Crippen LogP contribution in [0.25, 0.3) is 0 Å². The molecule has 0 aliphatic heterocycles. The molecule has 0 bridgehead atoms. The van der Waals surface area contributed by atoms with E-state index in [9.17, 15) is 29.1 Å². The molecule has 0 heterocycles. The smallest absolute Gasteiger partial charge is 0.326 e. The fraction of sp³-hybridized carbons (Fsp3) is 0.577. The lowest BCUT2D eigenvalue weighted by atomic mass is 9.96. The molecule has 0 spiro atoms. The van der Waals surface area contributed by atoms with E-state index in [2.05, 4.69) is 16.0 Å². The van der Waals surface area contributed by atoms with Crippen LogP contribution < -0.4 is 27.4 Å². The number of nitrogens with two attached hydrogens (primary N) is 2. The number of nitrogens with one attached hydrogen (secondary N) is 3. The summed E-state index contributed by atoms with van der Waals surface area (Å²) >= 11 is 0. The van der Waals surface area contributed by atoms with Crippen molar-refractivity contribution in [2.75, 3.05) is 0 Å². The molecule has 11 nitrogen and oxygen atoms in total. The standard InChI is InChI=1S/C26H41N5O6/c1-5-16(4)22(31-23(33)18(27)13-15(2)3)25(35)29-19(11-12-21(28)32)24(34)30-20(26(36)37)14-17-9-7-6-8-10-17/h6-10,15-16,18-20,22H,5,11-14,27H2,1-4H3,(H2,28,32)(H,29,35)(H,30,34)(H,31,33)(H,36,37). The largest absolute Gasteiger partial charge is 0.480 e. The Bertz CT molecular complexity index is 923. The Morgan fingerprint density at radius 3 is 2.00 bits per heavy atom. The Balaban J connectivity index is 3.05. The Labute approximate surface area is 218 Å². The zero-order chi connectivity index (χ0) is 28.1. The third-order valence-corrected chi connectivity index (χ3v) is 6.06. The number of carbonyl (C=O) groups excluding carboxylic acids is 4. The molecule has 0 saturated heterocycles. The van der Waals surface area contributed by atoms with Gasteiger partial charge in [0.2, 0.25) is 23.6 Å². The lowest BCUT2D eigenvalue weighted by Crippen LogP contribution is -2.59. The molecule has 5 unspecified atom stereocenters. The van der Waals surface area contributed by atoms with Gasteiger partial charge in [0.25, 0.3) is 0 Å². The first-order chi connectivity index (χ1) is 17.3. The summed E-state index contributed by atoms with van der Waals surface area (Å²) in [6.07, 6.45) is 0.654. The van der Waals surface area contributed by atoms with Gasteiger partial charge in [0.1, 0.15) is 18.1 Å². The van der Waals surface area contributed by atoms with E-state index >= 15 is 0 Å². The van der Waals surface area contributed by atoms with Crippen LogP contribution in [0.4, 0.5) is 0 Å². The van der Waals surface area contributed by atoms with Crippen molar-refractivity contribution < 1.29 is 29.1 Å². The van der Waals surface area contributed by atoms with Gasteiger partial charge in [-0.3, -0.25) is 19.2 Å². The molecule has 5 atom stereocenters. The van der Waals surface area contributed by atoms with Crippen molar-refractivity contribution in [1.82, 2.24) is 16.0 Å². The van der Waals surface area contributed by atoms with Gasteiger partial charge in [-0.05, 0) is 30.2 Å². The number of primary amides is 1. The van der Waals surface area contributed by atoms with Crippen LogP contribution in [0.5, 0.6) is 0 Å². The first kappa shape index (κ1) is 31.6. The fourth-order valence-corrected chi connectivity index (χ4v) is 3.72. The average Bonchev–Trinajstić information content (AvgIpc) is 2.83. The zero-order valence-electron chi connectivity index (χ0n) is 22.0. The van der Waals surface area contributed by atoms with Crippen molar-refractivity contribution in [3.8, 4) is 0 Å². The molecule has 1 aromatic rings. The minimum absolute atomic E-state index is 0.0255. The predicted molar refractivity (Wildman–Crippen MR) is 139 cm³/mol. The van der Waals surface area contributed by atoms with Gasteiger partial charge < -0.3 is 32.5 Å². The number of aliphatic carboxylic acids is 1. The van der Waals surface area contributed by atoms with E-state index in [1.54, 1.807) is 37.3 Å². The highest BCUT2D eigenvalue weighted by Gasteiger charge is 2.32. The molecule has 0 saturated carbocycles. The maximum atomic E-state index is 13.2. The normalized spacial score (nSPS) is 15.1. The third-order valence-electron chi connectivity index (χ3n) is 6.06. The maximum Gasteiger partial charge on any atom is 0.326 e. The summed E-state index contributed by atoms with van der Waals surface area (Å²) in [5.74, 6) is -3.95. The maximum absolute atomic E-state index is 13.2.